The van der Waals surface area contributed by atoms with Gasteiger partial charge in [0.2, 0.25) is 5.12 Å². The Hall–Kier alpha value is -1.49. The second-order valence-electron chi connectivity index (χ2n) is 3.37. The summed E-state index contributed by atoms with van der Waals surface area (Å²) in [6, 6.07) is 5.18. The molecule has 1 aromatic rings. The van der Waals surface area contributed by atoms with Crippen molar-refractivity contribution in [3.63, 3.8) is 0 Å². The van der Waals surface area contributed by atoms with Gasteiger partial charge in [-0.2, -0.15) is 0 Å². The summed E-state index contributed by atoms with van der Waals surface area (Å²) < 4.78 is 10.2. The average molecular weight is 254 g/mol. The van der Waals surface area contributed by atoms with Gasteiger partial charge in [0.15, 0.2) is 0 Å². The Kier molecular flexibility index (Phi) is 5.03. The number of ether oxygens (including phenoxy) is 2. The van der Waals surface area contributed by atoms with E-state index >= 15 is 0 Å². The minimum atomic E-state index is -0.205. The Morgan fingerprint density at radius 1 is 1.24 bits per heavy atom. The van der Waals surface area contributed by atoms with Crippen LogP contribution in [0.15, 0.2) is 23.1 Å². The van der Waals surface area contributed by atoms with E-state index < -0.39 is 0 Å². The Morgan fingerprint density at radius 3 is 2.47 bits per heavy atom. The average Bonchev–Trinajstić information content (AvgIpc) is 2.27. The maximum absolute atomic E-state index is 11.5. The zero-order chi connectivity index (χ0) is 12.8. The van der Waals surface area contributed by atoms with Crippen LogP contribution in [-0.2, 0) is 9.59 Å². The zero-order valence-corrected chi connectivity index (χ0v) is 10.8. The smallest absolute Gasteiger partial charge is 0.201 e. The number of ketones is 1. The van der Waals surface area contributed by atoms with Crippen LogP contribution in [0.4, 0.5) is 0 Å². The molecule has 17 heavy (non-hydrogen) atoms. The van der Waals surface area contributed by atoms with E-state index in [9.17, 15) is 9.59 Å². The summed E-state index contributed by atoms with van der Waals surface area (Å²) in [5.74, 6) is 1.08. The molecule has 0 heterocycles. The van der Waals surface area contributed by atoms with Gasteiger partial charge in [0.1, 0.15) is 17.3 Å². The molecule has 0 N–H and O–H groups in total. The summed E-state index contributed by atoms with van der Waals surface area (Å²) in [5.41, 5.74) is 0. The molecule has 0 unspecified atom stereocenters. The molecule has 0 atom stereocenters. The van der Waals surface area contributed by atoms with Gasteiger partial charge in [-0.15, -0.1) is 0 Å². The first-order valence-electron chi connectivity index (χ1n) is 4.99. The second kappa shape index (κ2) is 6.30. The third-order valence-electron chi connectivity index (χ3n) is 1.99. The Balaban J connectivity index is 2.87. The van der Waals surface area contributed by atoms with Gasteiger partial charge in [0, 0.05) is 0 Å². The van der Waals surface area contributed by atoms with Gasteiger partial charge in [0.25, 0.3) is 0 Å². The lowest BCUT2D eigenvalue weighted by atomic mass is 10.3. The van der Waals surface area contributed by atoms with Crippen LogP contribution in [0, 0.1) is 0 Å². The first-order chi connectivity index (χ1) is 8.06. The molecule has 0 aliphatic carbocycles. The molecule has 5 heteroatoms. The second-order valence-corrected chi connectivity index (χ2v) is 4.47. The maximum Gasteiger partial charge on any atom is 0.201 e. The van der Waals surface area contributed by atoms with Gasteiger partial charge in [-0.05, 0) is 36.9 Å². The van der Waals surface area contributed by atoms with Gasteiger partial charge in [0.05, 0.1) is 25.5 Å². The van der Waals surface area contributed by atoms with Crippen molar-refractivity contribution in [3.05, 3.63) is 18.2 Å². The first-order valence-corrected chi connectivity index (χ1v) is 5.80. The third-order valence-corrected chi connectivity index (χ3v) is 2.90. The molecule has 0 bridgehead atoms. The quantitative estimate of drug-likeness (QED) is 0.596. The lowest BCUT2D eigenvalue weighted by Gasteiger charge is -2.08. The SMILES string of the molecule is COc1ccc(OC)c(SC(=O)CC(C)=O)c1. The van der Waals surface area contributed by atoms with Crippen LogP contribution in [0.3, 0.4) is 0 Å². The number of hydrogen-bond donors (Lipinski definition) is 0. The molecule has 1 rings (SSSR count). The van der Waals surface area contributed by atoms with Gasteiger partial charge in [-0.1, -0.05) is 0 Å². The van der Waals surface area contributed by atoms with Gasteiger partial charge in [-0.3, -0.25) is 9.59 Å². The highest BCUT2D eigenvalue weighted by Crippen LogP contribution is 2.33. The van der Waals surface area contributed by atoms with E-state index in [0.717, 1.165) is 11.8 Å². The van der Waals surface area contributed by atoms with Gasteiger partial charge < -0.3 is 9.47 Å². The van der Waals surface area contributed by atoms with Gasteiger partial charge >= 0.3 is 0 Å². The molecule has 0 aliphatic rings. The van der Waals surface area contributed by atoms with Crippen molar-refractivity contribution in [2.45, 2.75) is 18.2 Å². The molecule has 0 spiro atoms. The van der Waals surface area contributed by atoms with Crippen LogP contribution in [0.1, 0.15) is 13.3 Å². The van der Waals surface area contributed by atoms with Gasteiger partial charge in [-0.25, -0.2) is 0 Å². The molecular formula is C12H14O4S. The highest BCUT2D eigenvalue weighted by Gasteiger charge is 2.12. The standard InChI is InChI=1S/C12H14O4S/c1-8(13)6-12(14)17-11-7-9(15-2)4-5-10(11)16-3/h4-5,7H,6H2,1-3H3. The molecule has 0 radical (unpaired) electrons. The summed E-state index contributed by atoms with van der Waals surface area (Å²) in [4.78, 5) is 23.0. The van der Waals surface area contributed by atoms with Crippen LogP contribution >= 0.6 is 11.8 Å². The zero-order valence-electron chi connectivity index (χ0n) is 9.98. The molecule has 0 saturated heterocycles. The molecule has 1 aromatic carbocycles. The number of Topliss-reactive ketones (excluding diaryl/α,β-unsaturated/α-hetero) is 1. The first kappa shape index (κ1) is 13.6. The Bertz CT molecular complexity index is 429. The van der Waals surface area contributed by atoms with Crippen molar-refractivity contribution >= 4 is 22.7 Å². The third kappa shape index (κ3) is 4.11. The topological polar surface area (TPSA) is 52.6 Å². The van der Waals surface area contributed by atoms with Crippen molar-refractivity contribution < 1.29 is 19.1 Å². The molecule has 0 amide bonds. The molecule has 0 aromatic heterocycles. The van der Waals surface area contributed by atoms with Crippen LogP contribution < -0.4 is 9.47 Å². The largest absolute Gasteiger partial charge is 0.497 e. The van der Waals surface area contributed by atoms with E-state index in [0.29, 0.717) is 16.4 Å². The summed E-state index contributed by atoms with van der Waals surface area (Å²) >= 11 is 0.988. The number of benzene rings is 1. The number of hydrogen-bond acceptors (Lipinski definition) is 5. The fraction of sp³-hybridized carbons (Fsp3) is 0.333. The molecule has 92 valence electrons. The molecule has 0 saturated carbocycles. The number of methoxy groups -OCH3 is 2. The minimum Gasteiger partial charge on any atom is -0.497 e. The monoisotopic (exact) mass is 254 g/mol. The van der Waals surface area contributed by atoms with Crippen molar-refractivity contribution in [2.75, 3.05) is 14.2 Å². The van der Waals surface area contributed by atoms with Crippen molar-refractivity contribution in [1.29, 1.82) is 0 Å². The normalized spacial score (nSPS) is 9.82. The van der Waals surface area contributed by atoms with E-state index in [1.807, 2.05) is 0 Å². The molecule has 0 fully saturated rings. The number of rotatable bonds is 5. The summed E-state index contributed by atoms with van der Waals surface area (Å²) in [6.45, 7) is 1.39. The predicted octanol–water partition coefficient (Wildman–Crippen LogP) is 2.30. The minimum absolute atomic E-state index is 0.0783. The lowest BCUT2D eigenvalue weighted by Crippen LogP contribution is -2.00. The predicted molar refractivity (Wildman–Crippen MR) is 65.7 cm³/mol. The van der Waals surface area contributed by atoms with Crippen molar-refractivity contribution in [3.8, 4) is 11.5 Å². The van der Waals surface area contributed by atoms with E-state index in [2.05, 4.69) is 0 Å². The molecule has 0 aliphatic heterocycles. The van der Waals surface area contributed by atoms with Crippen molar-refractivity contribution in [1.82, 2.24) is 0 Å². The van der Waals surface area contributed by atoms with E-state index in [4.69, 9.17) is 9.47 Å². The number of carbonyl (C=O) groups excluding carboxylic acids is 2. The Morgan fingerprint density at radius 2 is 1.94 bits per heavy atom. The fourth-order valence-electron chi connectivity index (χ4n) is 1.23. The lowest BCUT2D eigenvalue weighted by molar-refractivity contribution is -0.121. The molecular weight excluding hydrogens is 240 g/mol. The van der Waals surface area contributed by atoms with E-state index in [-0.39, 0.29) is 17.3 Å². The van der Waals surface area contributed by atoms with E-state index in [1.54, 1.807) is 25.3 Å². The number of carbonyl (C=O) groups is 2. The summed E-state index contributed by atoms with van der Waals surface area (Å²) in [6.07, 6.45) is -0.0783. The van der Waals surface area contributed by atoms with Crippen LogP contribution in [0.5, 0.6) is 11.5 Å². The highest BCUT2D eigenvalue weighted by atomic mass is 32.2. The fourth-order valence-corrected chi connectivity index (χ4v) is 2.17. The summed E-state index contributed by atoms with van der Waals surface area (Å²) in [5, 5.41) is -0.205. The van der Waals surface area contributed by atoms with E-state index in [1.165, 1.54) is 14.0 Å². The molecule has 4 nitrogen and oxygen atoms in total. The summed E-state index contributed by atoms with van der Waals surface area (Å²) in [7, 11) is 3.08. The Labute approximate surface area is 104 Å². The number of thioether (sulfide) groups is 1. The van der Waals surface area contributed by atoms with Crippen LogP contribution in [-0.4, -0.2) is 25.1 Å². The highest BCUT2D eigenvalue weighted by molar-refractivity contribution is 8.13. The maximum atomic E-state index is 11.5. The van der Waals surface area contributed by atoms with Crippen LogP contribution in [0.2, 0.25) is 0 Å². The van der Waals surface area contributed by atoms with Crippen molar-refractivity contribution in [2.24, 2.45) is 0 Å². The van der Waals surface area contributed by atoms with Crippen LogP contribution in [0.25, 0.3) is 0 Å².